The van der Waals surface area contributed by atoms with Gasteiger partial charge in [0.25, 0.3) is 5.91 Å². The van der Waals surface area contributed by atoms with Crippen LogP contribution < -0.4 is 15.4 Å². The van der Waals surface area contributed by atoms with Gasteiger partial charge in [0.1, 0.15) is 11.4 Å². The highest BCUT2D eigenvalue weighted by Gasteiger charge is 2.12. The van der Waals surface area contributed by atoms with E-state index in [2.05, 4.69) is 20.8 Å². The number of nitrogens with one attached hydrogen (secondary N) is 2. The number of rotatable bonds is 7. The number of carbonyl (C=O) groups is 1. The molecular weight excluding hydrogens is 392 g/mol. The first-order chi connectivity index (χ1) is 15.2. The molecule has 7 nitrogen and oxygen atoms in total. The Bertz CT molecular complexity index is 1190. The van der Waals surface area contributed by atoms with E-state index in [1.165, 1.54) is 0 Å². The number of benzene rings is 3. The van der Waals surface area contributed by atoms with Crippen molar-refractivity contribution in [3.63, 3.8) is 0 Å². The summed E-state index contributed by atoms with van der Waals surface area (Å²) in [6, 6.07) is 22.7. The Morgan fingerprint density at radius 2 is 1.65 bits per heavy atom. The smallest absolute Gasteiger partial charge is 0.251 e. The Morgan fingerprint density at radius 1 is 0.935 bits per heavy atom. The lowest BCUT2D eigenvalue weighted by atomic mass is 10.0. The van der Waals surface area contributed by atoms with Crippen LogP contribution in [0.15, 0.2) is 72.8 Å². The monoisotopic (exact) mass is 414 g/mol. The van der Waals surface area contributed by atoms with Gasteiger partial charge < -0.3 is 20.5 Å². The number of methoxy groups -OCH3 is 1. The summed E-state index contributed by atoms with van der Waals surface area (Å²) in [5.41, 5.74) is 3.00. The molecule has 0 atom stereocenters. The number of aliphatic hydroxyl groups is 1. The van der Waals surface area contributed by atoms with Gasteiger partial charge in [-0.2, -0.15) is 0 Å². The fourth-order valence-electron chi connectivity index (χ4n) is 3.27. The molecule has 0 radical (unpaired) electrons. The first-order valence-corrected chi connectivity index (χ1v) is 9.85. The molecule has 1 aromatic heterocycles. The molecule has 0 bridgehead atoms. The molecule has 0 saturated carbocycles. The van der Waals surface area contributed by atoms with Crippen LogP contribution in [0.2, 0.25) is 0 Å². The molecule has 0 aliphatic carbocycles. The van der Waals surface area contributed by atoms with Crippen molar-refractivity contribution in [1.29, 1.82) is 0 Å². The molecule has 3 aromatic carbocycles. The van der Waals surface area contributed by atoms with Crippen LogP contribution in [0, 0.1) is 0 Å². The number of nitrogens with zero attached hydrogens (tertiary/aromatic N) is 2. The van der Waals surface area contributed by atoms with Crippen LogP contribution in [-0.2, 0) is 0 Å². The van der Waals surface area contributed by atoms with Gasteiger partial charge in [0.2, 0.25) is 0 Å². The van der Waals surface area contributed by atoms with Crippen LogP contribution in [0.25, 0.3) is 22.0 Å². The molecule has 0 spiro atoms. The van der Waals surface area contributed by atoms with Gasteiger partial charge >= 0.3 is 0 Å². The van der Waals surface area contributed by atoms with E-state index in [1.807, 2.05) is 60.7 Å². The molecule has 4 rings (SSSR count). The highest BCUT2D eigenvalue weighted by Crippen LogP contribution is 2.31. The molecule has 0 aliphatic rings. The summed E-state index contributed by atoms with van der Waals surface area (Å²) in [6.45, 7) is 0.127. The molecule has 31 heavy (non-hydrogen) atoms. The predicted octanol–water partition coefficient (Wildman–Crippen LogP) is 3.77. The molecule has 0 unspecified atom stereocenters. The summed E-state index contributed by atoms with van der Waals surface area (Å²) >= 11 is 0. The van der Waals surface area contributed by atoms with Crippen molar-refractivity contribution < 1.29 is 14.6 Å². The number of hydrogen-bond acceptors (Lipinski definition) is 6. The van der Waals surface area contributed by atoms with Gasteiger partial charge in [-0.05, 0) is 36.4 Å². The number of aliphatic hydroxyl groups excluding tert-OH is 1. The topological polar surface area (TPSA) is 96.4 Å². The van der Waals surface area contributed by atoms with E-state index in [4.69, 9.17) is 9.84 Å². The Kier molecular flexibility index (Phi) is 6.05. The molecule has 1 amide bonds. The van der Waals surface area contributed by atoms with Crippen molar-refractivity contribution in [3.05, 3.63) is 78.4 Å². The van der Waals surface area contributed by atoms with Gasteiger partial charge in [-0.25, -0.2) is 0 Å². The summed E-state index contributed by atoms with van der Waals surface area (Å²) in [5, 5.41) is 25.6. The maximum absolute atomic E-state index is 12.1. The molecule has 7 heteroatoms. The molecule has 156 valence electrons. The molecule has 0 saturated heterocycles. The maximum Gasteiger partial charge on any atom is 0.251 e. The third-order valence-electron chi connectivity index (χ3n) is 4.86. The molecular formula is C24H22N4O3. The van der Waals surface area contributed by atoms with Crippen LogP contribution in [0.1, 0.15) is 10.4 Å². The first kappa shape index (κ1) is 20.3. The molecule has 0 aliphatic heterocycles. The zero-order valence-electron chi connectivity index (χ0n) is 17.0. The Balaban J connectivity index is 1.65. The zero-order chi connectivity index (χ0) is 21.6. The highest BCUT2D eigenvalue weighted by molar-refractivity contribution is 6.01. The molecule has 4 aromatic rings. The van der Waals surface area contributed by atoms with Gasteiger partial charge in [0.15, 0.2) is 5.82 Å². The second-order valence-corrected chi connectivity index (χ2v) is 6.85. The Labute approximate surface area is 179 Å². The van der Waals surface area contributed by atoms with E-state index in [1.54, 1.807) is 19.2 Å². The lowest BCUT2D eigenvalue weighted by Gasteiger charge is -2.12. The minimum Gasteiger partial charge on any atom is -0.497 e. The fraction of sp³-hybridized carbons (Fsp3) is 0.125. The van der Waals surface area contributed by atoms with E-state index in [-0.39, 0.29) is 19.1 Å². The number of amides is 1. The fourth-order valence-corrected chi connectivity index (χ4v) is 3.27. The molecule has 1 heterocycles. The Morgan fingerprint density at radius 3 is 2.32 bits per heavy atom. The second-order valence-electron chi connectivity index (χ2n) is 6.85. The van der Waals surface area contributed by atoms with Gasteiger partial charge in [0.05, 0.1) is 13.7 Å². The Hall–Kier alpha value is -3.97. The van der Waals surface area contributed by atoms with Gasteiger partial charge in [-0.3, -0.25) is 4.79 Å². The number of ether oxygens (including phenoxy) is 1. The summed E-state index contributed by atoms with van der Waals surface area (Å²) in [6.07, 6.45) is 0. The normalized spacial score (nSPS) is 10.6. The van der Waals surface area contributed by atoms with Crippen molar-refractivity contribution in [2.45, 2.75) is 0 Å². The average Bonchev–Trinajstić information content (AvgIpc) is 2.83. The third kappa shape index (κ3) is 4.46. The van der Waals surface area contributed by atoms with Crippen molar-refractivity contribution in [2.24, 2.45) is 0 Å². The summed E-state index contributed by atoms with van der Waals surface area (Å²) in [7, 11) is 1.63. The number of fused-ring (bicyclic) bond motifs is 1. The van der Waals surface area contributed by atoms with E-state index in [0.717, 1.165) is 33.5 Å². The number of hydrogen-bond donors (Lipinski definition) is 3. The van der Waals surface area contributed by atoms with E-state index in [0.29, 0.717) is 11.4 Å². The third-order valence-corrected chi connectivity index (χ3v) is 4.86. The second kappa shape index (κ2) is 9.23. The summed E-state index contributed by atoms with van der Waals surface area (Å²) < 4.78 is 5.20. The quantitative estimate of drug-likeness (QED) is 0.426. The SMILES string of the molecule is COc1ccc(Nc2nnc(-c3ccc(C(=O)NCCO)cc3)c3ccccc23)cc1. The van der Waals surface area contributed by atoms with Crippen LogP contribution in [0.4, 0.5) is 11.5 Å². The zero-order valence-corrected chi connectivity index (χ0v) is 17.0. The van der Waals surface area contributed by atoms with Gasteiger partial charge in [-0.15, -0.1) is 10.2 Å². The first-order valence-electron chi connectivity index (χ1n) is 9.85. The van der Waals surface area contributed by atoms with Gasteiger partial charge in [0, 0.05) is 34.1 Å². The standard InChI is InChI=1S/C24H22N4O3/c1-31-19-12-10-18(11-13-19)26-23-21-5-3-2-4-20(21)22(27-28-23)16-6-8-17(9-7-16)24(30)25-14-15-29/h2-13,29H,14-15H2,1H3,(H,25,30)(H,26,28). The predicted molar refractivity (Wildman–Crippen MR) is 121 cm³/mol. The van der Waals surface area contributed by atoms with Crippen LogP contribution >= 0.6 is 0 Å². The maximum atomic E-state index is 12.1. The number of aromatic nitrogens is 2. The van der Waals surface area contributed by atoms with Crippen molar-refractivity contribution in [2.75, 3.05) is 25.6 Å². The lowest BCUT2D eigenvalue weighted by molar-refractivity contribution is 0.0945. The highest BCUT2D eigenvalue weighted by atomic mass is 16.5. The van der Waals surface area contributed by atoms with Crippen LogP contribution in [0.3, 0.4) is 0 Å². The number of anilines is 2. The summed E-state index contributed by atoms with van der Waals surface area (Å²) in [5.74, 6) is 1.21. The molecule has 0 fully saturated rings. The van der Waals surface area contributed by atoms with Crippen molar-refractivity contribution in [1.82, 2.24) is 15.5 Å². The minimum atomic E-state index is -0.226. The largest absolute Gasteiger partial charge is 0.497 e. The van der Waals surface area contributed by atoms with E-state index in [9.17, 15) is 4.79 Å². The van der Waals surface area contributed by atoms with Crippen LogP contribution in [-0.4, -0.2) is 41.5 Å². The van der Waals surface area contributed by atoms with Crippen molar-refractivity contribution >= 4 is 28.2 Å². The van der Waals surface area contributed by atoms with E-state index < -0.39 is 0 Å². The lowest BCUT2D eigenvalue weighted by Crippen LogP contribution is -2.26. The van der Waals surface area contributed by atoms with Crippen LogP contribution in [0.5, 0.6) is 5.75 Å². The summed E-state index contributed by atoms with van der Waals surface area (Å²) in [4.78, 5) is 12.1. The van der Waals surface area contributed by atoms with Gasteiger partial charge in [-0.1, -0.05) is 36.4 Å². The molecule has 3 N–H and O–H groups in total. The number of carbonyl (C=O) groups excluding carboxylic acids is 1. The van der Waals surface area contributed by atoms with Crippen molar-refractivity contribution in [3.8, 4) is 17.0 Å². The van der Waals surface area contributed by atoms with E-state index >= 15 is 0 Å². The average molecular weight is 414 g/mol. The minimum absolute atomic E-state index is 0.0949.